The van der Waals surface area contributed by atoms with Gasteiger partial charge in [-0.2, -0.15) is 0 Å². The monoisotopic (exact) mass is 1050 g/mol. The summed E-state index contributed by atoms with van der Waals surface area (Å²) >= 11 is 3.63. The minimum atomic E-state index is 0.613. The van der Waals surface area contributed by atoms with Gasteiger partial charge in [0, 0.05) is 44.9 Å². The molecule has 2 saturated carbocycles. The molecule has 398 valence electrons. The lowest BCUT2D eigenvalue weighted by atomic mass is 9.95. The quantitative estimate of drug-likeness (QED) is 0.0455. The fraction of sp³-hybridized carbons (Fsp3) is 0.500. The second-order valence-corrected chi connectivity index (χ2v) is 24.2. The zero-order valence-electron chi connectivity index (χ0n) is 45.9. The van der Waals surface area contributed by atoms with E-state index in [1.165, 1.54) is 70.2 Å². The molecule has 6 atom stereocenters. The van der Waals surface area contributed by atoms with Crippen LogP contribution in [0.25, 0.3) is 44.9 Å². The summed E-state index contributed by atoms with van der Waals surface area (Å²) < 4.78 is 12.8. The number of aromatic nitrogens is 8. The molecule has 0 saturated heterocycles. The molecule has 6 aliphatic rings. The second kappa shape index (κ2) is 24.1. The molecule has 2 fully saturated rings. The minimum absolute atomic E-state index is 0.613. The number of H-pyrrole nitrogens is 2. The van der Waals surface area contributed by atoms with Gasteiger partial charge in [-0.25, -0.2) is 29.9 Å². The summed E-state index contributed by atoms with van der Waals surface area (Å²) in [6, 6.07) is 17.5. The Labute approximate surface area is 459 Å². The summed E-state index contributed by atoms with van der Waals surface area (Å²) in [5.41, 5.74) is 12.9. The third kappa shape index (κ3) is 11.3. The number of hydrogen-bond acceptors (Lipinski definition) is 10. The van der Waals surface area contributed by atoms with E-state index in [4.69, 9.17) is 39.4 Å². The zero-order valence-corrected chi connectivity index (χ0v) is 47.5. The van der Waals surface area contributed by atoms with Crippen molar-refractivity contribution in [3.05, 3.63) is 118 Å². The number of ether oxygens (including phenoxy) is 2. The van der Waals surface area contributed by atoms with E-state index in [0.29, 0.717) is 23.7 Å². The highest BCUT2D eigenvalue weighted by Crippen LogP contribution is 2.46. The van der Waals surface area contributed by atoms with Gasteiger partial charge in [0.25, 0.3) is 0 Å². The molecule has 12 bridgehead atoms. The molecule has 0 radical (unpaired) electrons. The van der Waals surface area contributed by atoms with Crippen molar-refractivity contribution in [3.8, 4) is 11.5 Å². The van der Waals surface area contributed by atoms with Gasteiger partial charge in [-0.05, 0) is 135 Å². The predicted molar refractivity (Wildman–Crippen MR) is 314 cm³/mol. The SMILES string of the molecule is CCCC1=C(CCC)c2nc1nc1nc(nc3[nH]c(nc4[nH]c(n2)c(CCC)c4CCC)c(SCc2ccc(OCC4C[C@@H]5C=C[C@H]4C5)cc2)c3SCc2ccc(OCC3C[C@@H]4C=C[C@H]3C4)cc2)C(CCC)=C1CCC. The molecule has 4 aliphatic carbocycles. The van der Waals surface area contributed by atoms with E-state index in [0.717, 1.165) is 181 Å². The number of hydrogen-bond donors (Lipinski definition) is 2. The van der Waals surface area contributed by atoms with Crippen LogP contribution in [-0.4, -0.2) is 53.1 Å². The normalized spacial score (nSPS) is 21.3. The van der Waals surface area contributed by atoms with Crippen molar-refractivity contribution in [3.63, 3.8) is 0 Å². The number of allylic oxidation sites excluding steroid dienone is 8. The Balaban J connectivity index is 1.04. The third-order valence-corrected chi connectivity index (χ3v) is 19.0. The largest absolute Gasteiger partial charge is 0.493 e. The van der Waals surface area contributed by atoms with Crippen LogP contribution >= 0.6 is 23.5 Å². The number of thioether (sulfide) groups is 2. The van der Waals surface area contributed by atoms with Gasteiger partial charge in [0.05, 0.1) is 23.0 Å². The number of aryl methyl sites for hydroxylation is 2. The number of benzene rings is 2. The molecule has 5 aromatic rings. The Bertz CT molecular complexity index is 3190. The van der Waals surface area contributed by atoms with Gasteiger partial charge in [-0.3, -0.25) is 0 Å². The Morgan fingerprint density at radius 2 is 0.789 bits per heavy atom. The summed E-state index contributed by atoms with van der Waals surface area (Å²) in [5.74, 6) is 10.4. The summed E-state index contributed by atoms with van der Waals surface area (Å²) in [4.78, 5) is 42.8. The van der Waals surface area contributed by atoms with Gasteiger partial charge in [0.1, 0.15) is 34.1 Å². The molecule has 2 aromatic carbocycles. The molecule has 2 unspecified atom stereocenters. The van der Waals surface area contributed by atoms with E-state index >= 15 is 0 Å². The average Bonchev–Trinajstić information content (AvgIpc) is 4.34. The van der Waals surface area contributed by atoms with E-state index in [-0.39, 0.29) is 0 Å². The predicted octanol–water partition coefficient (Wildman–Crippen LogP) is 16.6. The average molecular weight is 1060 g/mol. The van der Waals surface area contributed by atoms with Crippen LogP contribution in [0.3, 0.4) is 0 Å². The van der Waals surface area contributed by atoms with Crippen LogP contribution in [-0.2, 0) is 24.3 Å². The fourth-order valence-corrected chi connectivity index (χ4v) is 15.0. The van der Waals surface area contributed by atoms with Gasteiger partial charge in [-0.1, -0.05) is 129 Å². The highest BCUT2D eigenvalue weighted by atomic mass is 32.2. The molecule has 12 heteroatoms. The van der Waals surface area contributed by atoms with Crippen LogP contribution < -0.4 is 9.47 Å². The summed E-state index contributed by atoms with van der Waals surface area (Å²) in [6.07, 6.45) is 25.8. The van der Waals surface area contributed by atoms with E-state index in [1.807, 2.05) is 23.5 Å². The molecule has 2 aliphatic heterocycles. The first-order chi connectivity index (χ1) is 37.3. The molecule has 76 heavy (non-hydrogen) atoms. The van der Waals surface area contributed by atoms with Crippen molar-refractivity contribution >= 4 is 68.4 Å². The number of rotatable bonds is 24. The summed E-state index contributed by atoms with van der Waals surface area (Å²) in [5, 5.41) is 0. The van der Waals surface area contributed by atoms with Gasteiger partial charge in [0.2, 0.25) is 0 Å². The third-order valence-electron chi connectivity index (χ3n) is 16.5. The van der Waals surface area contributed by atoms with Crippen LogP contribution in [0, 0.1) is 35.5 Å². The first kappa shape index (κ1) is 52.6. The highest BCUT2D eigenvalue weighted by molar-refractivity contribution is 8.01. The van der Waals surface area contributed by atoms with Crippen molar-refractivity contribution in [1.29, 1.82) is 0 Å². The van der Waals surface area contributed by atoms with Crippen LogP contribution in [0.2, 0.25) is 0 Å². The number of aromatic amines is 2. The van der Waals surface area contributed by atoms with E-state index in [2.05, 4.69) is 124 Å². The lowest BCUT2D eigenvalue weighted by molar-refractivity contribution is 0.227. The highest BCUT2D eigenvalue weighted by Gasteiger charge is 2.37. The van der Waals surface area contributed by atoms with Gasteiger partial charge < -0.3 is 19.4 Å². The lowest BCUT2D eigenvalue weighted by Gasteiger charge is -2.18. The standard InChI is InChI=1S/C64H78N8O2S2/c1-7-13-49-50(14-8-2)58-65-57(49)66-59-51(15-9-3)53(17-11-5)61(68-59)70-63-55(75-37-39-21-27-47(28-22-39)73-35-45-33-41-19-25-43(45)31-41)56(64(72-63)71-62-54(18-12-6)52(16-10-4)60(67-58)69-62)76-38-40-23-29-48(30-24-40)74-36-46-34-42-20-26-44(46)32-42/h19-30,41-46H,7-18,31-38H2,1-6H3,(H2,65,66,67,68,69,70,71,72)/t41-,42-,43+,44+,45?,46?/m1/s1. The Morgan fingerprint density at radius 1 is 0.421 bits per heavy atom. The second-order valence-electron chi connectivity index (χ2n) is 22.2. The number of nitrogens with one attached hydrogen (secondary N) is 2. The first-order valence-corrected chi connectivity index (χ1v) is 31.1. The maximum Gasteiger partial charge on any atom is 0.160 e. The molecule has 11 rings (SSSR count). The first-order valence-electron chi connectivity index (χ1n) is 29.1. The van der Waals surface area contributed by atoms with Crippen LogP contribution in [0.15, 0.2) is 82.6 Å². The lowest BCUT2D eigenvalue weighted by Crippen LogP contribution is -2.16. The topological polar surface area (TPSA) is 127 Å². The molecule has 2 N–H and O–H groups in total. The Morgan fingerprint density at radius 3 is 1.17 bits per heavy atom. The van der Waals surface area contributed by atoms with Crippen molar-refractivity contribution in [1.82, 2.24) is 39.9 Å². The van der Waals surface area contributed by atoms with Crippen LogP contribution in [0.4, 0.5) is 0 Å². The fourth-order valence-electron chi connectivity index (χ4n) is 12.8. The Kier molecular flexibility index (Phi) is 16.6. The number of fused-ring (bicyclic) bond motifs is 12. The van der Waals surface area contributed by atoms with Crippen LogP contribution in [0.1, 0.15) is 177 Å². The molecular weight excluding hydrogens is 977 g/mol. The summed E-state index contributed by atoms with van der Waals surface area (Å²) in [7, 11) is 0. The Hall–Kier alpha value is -5.46. The molecule has 3 aromatic heterocycles. The van der Waals surface area contributed by atoms with E-state index in [9.17, 15) is 0 Å². The van der Waals surface area contributed by atoms with E-state index in [1.54, 1.807) is 0 Å². The van der Waals surface area contributed by atoms with Crippen molar-refractivity contribution in [2.24, 2.45) is 35.5 Å². The molecule has 5 heterocycles. The molecular formula is C64H78N8O2S2. The minimum Gasteiger partial charge on any atom is -0.493 e. The van der Waals surface area contributed by atoms with Gasteiger partial charge in [-0.15, -0.1) is 23.5 Å². The maximum atomic E-state index is 6.42. The van der Waals surface area contributed by atoms with Crippen molar-refractivity contribution < 1.29 is 9.47 Å². The molecule has 0 spiro atoms. The molecule has 10 nitrogen and oxygen atoms in total. The smallest absolute Gasteiger partial charge is 0.160 e. The zero-order chi connectivity index (χ0) is 52.1. The van der Waals surface area contributed by atoms with E-state index < -0.39 is 0 Å². The van der Waals surface area contributed by atoms with Crippen LogP contribution in [0.5, 0.6) is 11.5 Å². The van der Waals surface area contributed by atoms with Gasteiger partial charge in [0.15, 0.2) is 23.3 Å². The van der Waals surface area contributed by atoms with Crippen molar-refractivity contribution in [2.45, 2.75) is 166 Å². The van der Waals surface area contributed by atoms with Crippen molar-refractivity contribution in [2.75, 3.05) is 13.2 Å². The van der Waals surface area contributed by atoms with Gasteiger partial charge >= 0.3 is 0 Å². The maximum absolute atomic E-state index is 6.42. The molecule has 0 amide bonds. The summed E-state index contributed by atoms with van der Waals surface area (Å²) in [6.45, 7) is 15.0. The number of nitrogens with zero attached hydrogens (tertiary/aromatic N) is 6.